The molecule has 1 saturated heterocycles. The van der Waals surface area contributed by atoms with E-state index in [2.05, 4.69) is 36.3 Å². The zero-order chi connectivity index (χ0) is 15.1. The first-order valence-corrected chi connectivity index (χ1v) is 8.49. The summed E-state index contributed by atoms with van der Waals surface area (Å²) in [6.07, 6.45) is 5.25. The Bertz CT molecular complexity index is 343. The SMILES string of the molecule is CCNC(=NCCN1CCOCC1(C)C)NC1CCCC1.I. The number of halogens is 1. The number of hydrogen-bond acceptors (Lipinski definition) is 3. The fourth-order valence-corrected chi connectivity index (χ4v) is 3.17. The number of guanidine groups is 1. The van der Waals surface area contributed by atoms with E-state index in [4.69, 9.17) is 9.73 Å². The lowest BCUT2D eigenvalue weighted by atomic mass is 10.0. The maximum absolute atomic E-state index is 5.57. The number of ether oxygens (including phenoxy) is 1. The Hall–Kier alpha value is -0.0800. The van der Waals surface area contributed by atoms with Gasteiger partial charge in [-0.2, -0.15) is 0 Å². The van der Waals surface area contributed by atoms with Gasteiger partial charge in [0.25, 0.3) is 0 Å². The fourth-order valence-electron chi connectivity index (χ4n) is 3.17. The minimum atomic E-state index is 0. The first-order chi connectivity index (χ1) is 10.1. The minimum Gasteiger partial charge on any atom is -0.378 e. The Balaban J connectivity index is 0.00000242. The van der Waals surface area contributed by atoms with Crippen LogP contribution in [0.3, 0.4) is 0 Å². The van der Waals surface area contributed by atoms with Crippen molar-refractivity contribution in [1.29, 1.82) is 0 Å². The van der Waals surface area contributed by atoms with Gasteiger partial charge in [0.2, 0.25) is 0 Å². The lowest BCUT2D eigenvalue weighted by Crippen LogP contribution is -2.53. The van der Waals surface area contributed by atoms with Gasteiger partial charge >= 0.3 is 0 Å². The molecule has 0 spiro atoms. The Morgan fingerprint density at radius 2 is 2.05 bits per heavy atom. The van der Waals surface area contributed by atoms with Crippen molar-refractivity contribution in [2.75, 3.05) is 39.4 Å². The molecule has 0 atom stereocenters. The number of morpholine rings is 1. The van der Waals surface area contributed by atoms with Crippen LogP contribution in [-0.4, -0.2) is 61.8 Å². The van der Waals surface area contributed by atoms with Crippen LogP contribution in [0, 0.1) is 0 Å². The van der Waals surface area contributed by atoms with E-state index in [0.29, 0.717) is 6.04 Å². The summed E-state index contributed by atoms with van der Waals surface area (Å²) in [5, 5.41) is 6.93. The Kier molecular flexibility index (Phi) is 9.01. The van der Waals surface area contributed by atoms with Crippen LogP contribution in [0.15, 0.2) is 4.99 Å². The van der Waals surface area contributed by atoms with Crippen molar-refractivity contribution in [3.63, 3.8) is 0 Å². The van der Waals surface area contributed by atoms with Gasteiger partial charge in [0.1, 0.15) is 0 Å². The molecule has 0 aromatic rings. The molecule has 0 unspecified atom stereocenters. The Morgan fingerprint density at radius 1 is 1.32 bits per heavy atom. The summed E-state index contributed by atoms with van der Waals surface area (Å²) < 4.78 is 5.57. The van der Waals surface area contributed by atoms with Crippen molar-refractivity contribution in [3.8, 4) is 0 Å². The maximum Gasteiger partial charge on any atom is 0.191 e. The summed E-state index contributed by atoms with van der Waals surface area (Å²) in [5.74, 6) is 0.982. The van der Waals surface area contributed by atoms with Gasteiger partial charge in [0, 0.05) is 31.2 Å². The Morgan fingerprint density at radius 3 is 2.68 bits per heavy atom. The van der Waals surface area contributed by atoms with Crippen molar-refractivity contribution in [1.82, 2.24) is 15.5 Å². The molecule has 2 N–H and O–H groups in total. The maximum atomic E-state index is 5.57. The number of nitrogens with zero attached hydrogens (tertiary/aromatic N) is 2. The number of hydrogen-bond donors (Lipinski definition) is 2. The molecule has 1 aliphatic heterocycles. The second-order valence-electron chi connectivity index (χ2n) is 6.74. The van der Waals surface area contributed by atoms with E-state index in [1.165, 1.54) is 25.7 Å². The summed E-state index contributed by atoms with van der Waals surface area (Å²) in [4.78, 5) is 7.23. The summed E-state index contributed by atoms with van der Waals surface area (Å²) in [5.41, 5.74) is 0.130. The molecule has 0 radical (unpaired) electrons. The average Bonchev–Trinajstić information content (AvgIpc) is 2.93. The van der Waals surface area contributed by atoms with E-state index in [1.54, 1.807) is 0 Å². The highest BCUT2D eigenvalue weighted by Crippen LogP contribution is 2.18. The van der Waals surface area contributed by atoms with Crippen molar-refractivity contribution in [2.24, 2.45) is 4.99 Å². The summed E-state index contributed by atoms with van der Waals surface area (Å²) in [6.45, 7) is 12.0. The third-order valence-corrected chi connectivity index (χ3v) is 4.50. The van der Waals surface area contributed by atoms with Crippen LogP contribution in [0.25, 0.3) is 0 Å². The minimum absolute atomic E-state index is 0. The smallest absolute Gasteiger partial charge is 0.191 e. The third kappa shape index (κ3) is 6.20. The van der Waals surface area contributed by atoms with Crippen LogP contribution < -0.4 is 10.6 Å². The zero-order valence-corrected chi connectivity index (χ0v) is 16.7. The van der Waals surface area contributed by atoms with Crippen LogP contribution in [0.5, 0.6) is 0 Å². The van der Waals surface area contributed by atoms with Crippen LogP contribution >= 0.6 is 24.0 Å². The van der Waals surface area contributed by atoms with E-state index < -0.39 is 0 Å². The highest BCUT2D eigenvalue weighted by molar-refractivity contribution is 14.0. The molecule has 130 valence electrons. The van der Waals surface area contributed by atoms with Crippen LogP contribution in [0.2, 0.25) is 0 Å². The van der Waals surface area contributed by atoms with Gasteiger partial charge < -0.3 is 15.4 Å². The average molecular weight is 424 g/mol. The predicted molar refractivity (Wildman–Crippen MR) is 103 cm³/mol. The van der Waals surface area contributed by atoms with Crippen molar-refractivity contribution >= 4 is 29.9 Å². The van der Waals surface area contributed by atoms with Crippen molar-refractivity contribution < 1.29 is 4.74 Å². The zero-order valence-electron chi connectivity index (χ0n) is 14.4. The first-order valence-electron chi connectivity index (χ1n) is 8.49. The topological polar surface area (TPSA) is 48.9 Å². The normalized spacial score (nSPS) is 23.1. The van der Waals surface area contributed by atoms with Gasteiger partial charge in [-0.1, -0.05) is 12.8 Å². The molecule has 0 aromatic carbocycles. The molecule has 2 fully saturated rings. The van der Waals surface area contributed by atoms with Gasteiger partial charge in [0.05, 0.1) is 19.8 Å². The van der Waals surface area contributed by atoms with Crippen LogP contribution in [0.4, 0.5) is 0 Å². The predicted octanol–water partition coefficient (Wildman–Crippen LogP) is 2.21. The molecule has 5 nitrogen and oxygen atoms in total. The van der Waals surface area contributed by atoms with Gasteiger partial charge in [-0.15, -0.1) is 24.0 Å². The van der Waals surface area contributed by atoms with Crippen molar-refractivity contribution in [2.45, 2.75) is 58.0 Å². The highest BCUT2D eigenvalue weighted by Gasteiger charge is 2.29. The molecule has 0 aromatic heterocycles. The molecular weight excluding hydrogens is 391 g/mol. The van der Waals surface area contributed by atoms with Crippen LogP contribution in [-0.2, 0) is 4.74 Å². The number of nitrogens with one attached hydrogen (secondary N) is 2. The standard InChI is InChI=1S/C16H32N4O.HI/c1-4-17-15(19-14-7-5-6-8-14)18-9-10-20-11-12-21-13-16(20,2)3;/h14H,4-13H2,1-3H3,(H2,17,18,19);1H. The lowest BCUT2D eigenvalue weighted by molar-refractivity contribution is -0.0491. The van der Waals surface area contributed by atoms with E-state index in [-0.39, 0.29) is 29.5 Å². The third-order valence-electron chi connectivity index (χ3n) is 4.50. The van der Waals surface area contributed by atoms with E-state index in [9.17, 15) is 0 Å². The molecule has 0 bridgehead atoms. The molecule has 1 heterocycles. The molecule has 22 heavy (non-hydrogen) atoms. The van der Waals surface area contributed by atoms with Crippen molar-refractivity contribution in [3.05, 3.63) is 0 Å². The van der Waals surface area contributed by atoms with E-state index in [0.717, 1.165) is 45.4 Å². The quantitative estimate of drug-likeness (QED) is 0.404. The molecule has 6 heteroatoms. The van der Waals surface area contributed by atoms with Gasteiger partial charge in [-0.3, -0.25) is 9.89 Å². The first kappa shape index (κ1) is 20.0. The summed E-state index contributed by atoms with van der Waals surface area (Å²) in [6, 6.07) is 0.614. The van der Waals surface area contributed by atoms with E-state index >= 15 is 0 Å². The summed E-state index contributed by atoms with van der Waals surface area (Å²) >= 11 is 0. The number of aliphatic imine (C=N–C) groups is 1. The largest absolute Gasteiger partial charge is 0.378 e. The monoisotopic (exact) mass is 424 g/mol. The fraction of sp³-hybridized carbons (Fsp3) is 0.938. The molecular formula is C16H33IN4O. The lowest BCUT2D eigenvalue weighted by Gasteiger charge is -2.41. The van der Waals surface area contributed by atoms with E-state index in [1.807, 2.05) is 0 Å². The second-order valence-corrected chi connectivity index (χ2v) is 6.74. The second kappa shape index (κ2) is 9.93. The van der Waals surface area contributed by atoms with Crippen LogP contribution in [0.1, 0.15) is 46.5 Å². The highest BCUT2D eigenvalue weighted by atomic mass is 127. The van der Waals surface area contributed by atoms with Gasteiger partial charge in [-0.25, -0.2) is 0 Å². The van der Waals surface area contributed by atoms with Gasteiger partial charge in [-0.05, 0) is 33.6 Å². The Labute approximate surface area is 152 Å². The molecule has 0 amide bonds. The molecule has 2 rings (SSSR count). The molecule has 2 aliphatic rings. The summed E-state index contributed by atoms with van der Waals surface area (Å²) in [7, 11) is 0. The molecule has 1 aliphatic carbocycles. The number of rotatable bonds is 5. The van der Waals surface area contributed by atoms with Gasteiger partial charge in [0.15, 0.2) is 5.96 Å². The molecule has 1 saturated carbocycles.